The highest BCUT2D eigenvalue weighted by molar-refractivity contribution is 7.92. The molecule has 3 aromatic rings. The highest BCUT2D eigenvalue weighted by Crippen LogP contribution is 2.37. The Morgan fingerprint density at radius 2 is 1.52 bits per heavy atom. The van der Waals surface area contributed by atoms with Gasteiger partial charge in [0.15, 0.2) is 11.5 Å². The van der Waals surface area contributed by atoms with Crippen LogP contribution in [-0.4, -0.2) is 61.5 Å². The summed E-state index contributed by atoms with van der Waals surface area (Å²) in [6, 6.07) is 16.3. The molecule has 0 aliphatic rings. The van der Waals surface area contributed by atoms with E-state index >= 15 is 0 Å². The van der Waals surface area contributed by atoms with Crippen LogP contribution in [0.1, 0.15) is 19.4 Å². The molecule has 0 aliphatic carbocycles. The number of carbonyl (C=O) groups is 1. The maximum Gasteiger partial charge on any atom is 0.265 e. The van der Waals surface area contributed by atoms with Crippen molar-refractivity contribution in [3.63, 3.8) is 0 Å². The van der Waals surface area contributed by atoms with Crippen molar-refractivity contribution < 1.29 is 27.4 Å². The molecule has 0 aromatic heterocycles. The van der Waals surface area contributed by atoms with Gasteiger partial charge in [-0.25, -0.2) is 13.8 Å². The highest BCUT2D eigenvalue weighted by atomic mass is 35.5. The Kier molecular flexibility index (Phi) is 10.6. The molecule has 0 bridgehead atoms. The van der Waals surface area contributed by atoms with Gasteiger partial charge < -0.3 is 19.1 Å². The van der Waals surface area contributed by atoms with E-state index in [2.05, 4.69) is 29.3 Å². The highest BCUT2D eigenvalue weighted by Gasteiger charge is 2.30. The second kappa shape index (κ2) is 13.9. The molecule has 3 rings (SSSR count). The zero-order valence-electron chi connectivity index (χ0n) is 23.0. The summed E-state index contributed by atoms with van der Waals surface area (Å²) in [7, 11) is -0.0756. The van der Waals surface area contributed by atoms with E-state index in [4.69, 9.17) is 25.8 Å². The largest absolute Gasteiger partial charge is 0.495 e. The number of anilines is 2. The van der Waals surface area contributed by atoms with Crippen molar-refractivity contribution >= 4 is 45.1 Å². The van der Waals surface area contributed by atoms with Crippen molar-refractivity contribution in [1.29, 1.82) is 0 Å². The molecule has 10 nitrogen and oxygen atoms in total. The molecule has 0 aliphatic heterocycles. The number of methoxy groups -OCH3 is 3. The van der Waals surface area contributed by atoms with Crippen molar-refractivity contribution in [3.05, 3.63) is 71.2 Å². The number of hydrogen-bond acceptors (Lipinski definition) is 8. The lowest BCUT2D eigenvalue weighted by Gasteiger charge is -2.25. The van der Waals surface area contributed by atoms with E-state index in [0.717, 1.165) is 28.6 Å². The summed E-state index contributed by atoms with van der Waals surface area (Å²) in [5, 5.41) is 4.27. The molecule has 0 radical (unpaired) electrons. The van der Waals surface area contributed by atoms with Gasteiger partial charge in [-0.3, -0.25) is 9.10 Å². The first-order valence-corrected chi connectivity index (χ1v) is 14.2. The number of hydrazone groups is 1. The fraction of sp³-hybridized carbons (Fsp3) is 0.286. The summed E-state index contributed by atoms with van der Waals surface area (Å²) in [5.41, 5.74) is 4.33. The first-order chi connectivity index (χ1) is 19.2. The second-order valence-corrected chi connectivity index (χ2v) is 10.7. The smallest absolute Gasteiger partial charge is 0.265 e. The Labute approximate surface area is 240 Å². The van der Waals surface area contributed by atoms with Crippen LogP contribution in [0.4, 0.5) is 11.4 Å². The van der Waals surface area contributed by atoms with E-state index in [-0.39, 0.29) is 27.1 Å². The maximum atomic E-state index is 13.9. The fourth-order valence-electron chi connectivity index (χ4n) is 3.97. The van der Waals surface area contributed by atoms with Gasteiger partial charge in [-0.1, -0.05) is 23.7 Å². The molecule has 0 atom stereocenters. The van der Waals surface area contributed by atoms with Crippen LogP contribution in [0, 0.1) is 0 Å². The van der Waals surface area contributed by atoms with Crippen LogP contribution in [0.3, 0.4) is 0 Å². The monoisotopic (exact) mass is 588 g/mol. The number of sulfonamides is 1. The van der Waals surface area contributed by atoms with Gasteiger partial charge in [0.05, 0.1) is 38.1 Å². The minimum Gasteiger partial charge on any atom is -0.495 e. The van der Waals surface area contributed by atoms with Crippen molar-refractivity contribution in [3.8, 4) is 17.2 Å². The average Bonchev–Trinajstić information content (AvgIpc) is 2.96. The van der Waals surface area contributed by atoms with Gasteiger partial charge in [0.2, 0.25) is 0 Å². The Morgan fingerprint density at radius 1 is 0.900 bits per heavy atom. The Hall–Kier alpha value is -3.96. The number of halogens is 1. The topological polar surface area (TPSA) is 110 Å². The summed E-state index contributed by atoms with van der Waals surface area (Å²) in [4.78, 5) is 15.0. The number of hydrogen-bond donors (Lipinski definition) is 1. The van der Waals surface area contributed by atoms with Crippen LogP contribution in [-0.2, 0) is 14.8 Å². The molecule has 0 unspecified atom stereocenters. The zero-order valence-corrected chi connectivity index (χ0v) is 24.6. The third-order valence-corrected chi connectivity index (χ3v) is 8.06. The molecule has 3 aromatic carbocycles. The summed E-state index contributed by atoms with van der Waals surface area (Å²) in [5.74, 6) is 0.0910. The molecule has 12 heteroatoms. The third-order valence-electron chi connectivity index (χ3n) is 6.06. The SMILES string of the molecule is CCN(CC)c1ccc(/C=N\NC(=O)CN(c2cc(Cl)ccc2OC)S(=O)(=O)c2ccc(OC)c(OC)c2)cc1. The minimum absolute atomic E-state index is 0.0795. The lowest BCUT2D eigenvalue weighted by molar-refractivity contribution is -0.119. The molecule has 214 valence electrons. The van der Waals surface area contributed by atoms with Gasteiger partial charge in [0.1, 0.15) is 12.3 Å². The van der Waals surface area contributed by atoms with E-state index < -0.39 is 22.5 Å². The predicted octanol–water partition coefficient (Wildman–Crippen LogP) is 4.56. The van der Waals surface area contributed by atoms with Gasteiger partial charge in [-0.05, 0) is 61.9 Å². The lowest BCUT2D eigenvalue weighted by atomic mass is 10.2. The van der Waals surface area contributed by atoms with E-state index in [1.807, 2.05) is 24.3 Å². The van der Waals surface area contributed by atoms with Gasteiger partial charge >= 0.3 is 0 Å². The van der Waals surface area contributed by atoms with Crippen LogP contribution in [0.15, 0.2) is 70.7 Å². The number of rotatable bonds is 13. The van der Waals surface area contributed by atoms with Crippen LogP contribution in [0.2, 0.25) is 5.02 Å². The molecule has 1 amide bonds. The summed E-state index contributed by atoms with van der Waals surface area (Å²) in [6.45, 7) is 5.34. The molecule has 0 heterocycles. The van der Waals surface area contributed by atoms with E-state index in [1.165, 1.54) is 57.9 Å². The number of benzene rings is 3. The van der Waals surface area contributed by atoms with Crippen molar-refractivity contribution in [2.24, 2.45) is 5.10 Å². The summed E-state index contributed by atoms with van der Waals surface area (Å²) >= 11 is 6.20. The molecule has 1 N–H and O–H groups in total. The average molecular weight is 589 g/mol. The minimum atomic E-state index is -4.31. The third kappa shape index (κ3) is 7.16. The molecule has 0 fully saturated rings. The van der Waals surface area contributed by atoms with Crippen LogP contribution in [0.5, 0.6) is 17.2 Å². The van der Waals surface area contributed by atoms with Gasteiger partial charge in [-0.2, -0.15) is 5.10 Å². The van der Waals surface area contributed by atoms with E-state index in [0.29, 0.717) is 5.75 Å². The zero-order chi connectivity index (χ0) is 29.3. The quantitative estimate of drug-likeness (QED) is 0.230. The van der Waals surface area contributed by atoms with Gasteiger partial charge in [0, 0.05) is 29.9 Å². The van der Waals surface area contributed by atoms with Crippen LogP contribution < -0.4 is 28.8 Å². The predicted molar refractivity (Wildman–Crippen MR) is 158 cm³/mol. The van der Waals surface area contributed by atoms with Gasteiger partial charge in [-0.15, -0.1) is 0 Å². The van der Waals surface area contributed by atoms with Gasteiger partial charge in [0.25, 0.3) is 15.9 Å². The molecule has 40 heavy (non-hydrogen) atoms. The Morgan fingerprint density at radius 3 is 2.12 bits per heavy atom. The number of carbonyl (C=O) groups excluding carboxylic acids is 1. The normalized spacial score (nSPS) is 11.2. The molecule has 0 spiro atoms. The standard InChI is InChI=1S/C28H33ClN4O6S/c1-6-32(7-2)22-11-8-20(9-12-22)18-30-31-28(34)19-33(24-16-21(29)10-14-25(24)37-3)40(35,36)23-13-15-26(38-4)27(17-23)39-5/h8-18H,6-7,19H2,1-5H3,(H,31,34)/b30-18-. The van der Waals surface area contributed by atoms with Crippen LogP contribution in [0.25, 0.3) is 0 Å². The van der Waals surface area contributed by atoms with Crippen molar-refractivity contribution in [1.82, 2.24) is 5.43 Å². The molecular weight excluding hydrogens is 556 g/mol. The second-order valence-electron chi connectivity index (χ2n) is 8.40. The number of nitrogens with zero attached hydrogens (tertiary/aromatic N) is 3. The van der Waals surface area contributed by atoms with Crippen molar-refractivity contribution in [2.45, 2.75) is 18.7 Å². The molecule has 0 saturated heterocycles. The fourth-order valence-corrected chi connectivity index (χ4v) is 5.57. The molecule has 0 saturated carbocycles. The summed E-state index contributed by atoms with van der Waals surface area (Å²) < 4.78 is 44.5. The lowest BCUT2D eigenvalue weighted by Crippen LogP contribution is -2.39. The first kappa shape index (κ1) is 30.6. The van der Waals surface area contributed by atoms with E-state index in [1.54, 1.807) is 6.07 Å². The molecular formula is C28H33ClN4O6S. The van der Waals surface area contributed by atoms with Crippen LogP contribution >= 0.6 is 11.6 Å². The first-order valence-electron chi connectivity index (χ1n) is 12.4. The Balaban J connectivity index is 1.90. The Bertz CT molecular complexity index is 1440. The maximum absolute atomic E-state index is 13.9. The number of amides is 1. The van der Waals surface area contributed by atoms with Crippen molar-refractivity contribution in [2.75, 3.05) is 50.2 Å². The van der Waals surface area contributed by atoms with E-state index in [9.17, 15) is 13.2 Å². The number of nitrogens with one attached hydrogen (secondary N) is 1. The number of ether oxygens (including phenoxy) is 3. The summed E-state index contributed by atoms with van der Waals surface area (Å²) in [6.07, 6.45) is 1.48.